The molecule has 0 N–H and O–H groups in total. The van der Waals surface area contributed by atoms with E-state index < -0.39 is 17.8 Å². The Kier molecular flexibility index (Phi) is 5.56. The first-order chi connectivity index (χ1) is 16.7. The largest absolute Gasteiger partial charge is 0.464 e. The normalized spacial score (nSPS) is 11.7. The van der Waals surface area contributed by atoms with Crippen molar-refractivity contribution in [3.05, 3.63) is 77.2 Å². The van der Waals surface area contributed by atoms with E-state index in [1.807, 2.05) is 25.1 Å². The average molecular weight is 495 g/mol. The Hall–Kier alpha value is -4.12. The van der Waals surface area contributed by atoms with Crippen LogP contribution in [0.1, 0.15) is 21.7 Å². The van der Waals surface area contributed by atoms with Crippen LogP contribution in [0, 0.1) is 6.92 Å². The molecule has 4 aromatic heterocycles. The number of aromatic nitrogens is 5. The minimum absolute atomic E-state index is 0.111. The summed E-state index contributed by atoms with van der Waals surface area (Å²) in [5, 5.41) is 6.64. The Morgan fingerprint density at radius 1 is 1.06 bits per heavy atom. The van der Waals surface area contributed by atoms with Gasteiger partial charge in [0.1, 0.15) is 5.01 Å². The van der Waals surface area contributed by atoms with Gasteiger partial charge in [-0.1, -0.05) is 12.1 Å². The Morgan fingerprint density at radius 3 is 2.66 bits per heavy atom. The predicted molar refractivity (Wildman–Crippen MR) is 124 cm³/mol. The molecule has 0 radical (unpaired) electrons. The quantitative estimate of drug-likeness (QED) is 0.298. The number of hydrogen-bond acceptors (Lipinski definition) is 7. The molecular formula is C24H16F3N5O2S. The molecule has 11 heteroatoms. The summed E-state index contributed by atoms with van der Waals surface area (Å²) in [6, 6.07) is 11.6. The van der Waals surface area contributed by atoms with E-state index in [2.05, 4.69) is 20.1 Å². The zero-order chi connectivity index (χ0) is 24.7. The number of halogens is 3. The number of hydrogen-bond donors (Lipinski definition) is 0. The molecule has 5 rings (SSSR count). The molecule has 0 bridgehead atoms. The van der Waals surface area contributed by atoms with Crippen molar-refractivity contribution in [2.75, 3.05) is 7.11 Å². The van der Waals surface area contributed by atoms with Crippen LogP contribution in [0.5, 0.6) is 0 Å². The first kappa shape index (κ1) is 22.7. The molecule has 35 heavy (non-hydrogen) atoms. The fourth-order valence-electron chi connectivity index (χ4n) is 3.61. The van der Waals surface area contributed by atoms with E-state index in [1.165, 1.54) is 41.2 Å². The number of nitrogens with zero attached hydrogens (tertiary/aromatic N) is 5. The van der Waals surface area contributed by atoms with Crippen molar-refractivity contribution in [2.45, 2.75) is 13.1 Å². The van der Waals surface area contributed by atoms with Gasteiger partial charge in [0.2, 0.25) is 0 Å². The van der Waals surface area contributed by atoms with Crippen molar-refractivity contribution in [2.24, 2.45) is 0 Å². The Balaban J connectivity index is 1.54. The van der Waals surface area contributed by atoms with Gasteiger partial charge in [-0.3, -0.25) is 4.98 Å². The number of carbonyl (C=O) groups excluding carboxylic acids is 1. The Labute approximate surface area is 200 Å². The van der Waals surface area contributed by atoms with Crippen LogP contribution in [0.4, 0.5) is 13.2 Å². The predicted octanol–water partition coefficient (Wildman–Crippen LogP) is 5.70. The van der Waals surface area contributed by atoms with Gasteiger partial charge in [0.25, 0.3) is 0 Å². The maximum absolute atomic E-state index is 13.4. The van der Waals surface area contributed by atoms with Crippen LogP contribution in [-0.2, 0) is 10.9 Å². The molecular weight excluding hydrogens is 479 g/mol. The molecule has 0 aliphatic rings. The highest BCUT2D eigenvalue weighted by Crippen LogP contribution is 2.35. The number of alkyl halides is 3. The van der Waals surface area contributed by atoms with Crippen molar-refractivity contribution in [1.82, 2.24) is 24.6 Å². The van der Waals surface area contributed by atoms with Crippen molar-refractivity contribution in [1.29, 1.82) is 0 Å². The third kappa shape index (κ3) is 4.26. The molecule has 0 fully saturated rings. The number of benzene rings is 1. The summed E-state index contributed by atoms with van der Waals surface area (Å²) in [4.78, 5) is 24.2. The third-order valence-electron chi connectivity index (χ3n) is 5.33. The minimum Gasteiger partial charge on any atom is -0.464 e. The molecule has 0 unspecified atom stereocenters. The van der Waals surface area contributed by atoms with Gasteiger partial charge in [-0.15, -0.1) is 11.3 Å². The first-order valence-corrected chi connectivity index (χ1v) is 11.2. The number of esters is 1. The second kappa shape index (κ2) is 8.58. The molecule has 0 spiro atoms. The van der Waals surface area contributed by atoms with E-state index in [0.29, 0.717) is 16.3 Å². The Morgan fingerprint density at radius 2 is 1.89 bits per heavy atom. The highest BCUT2D eigenvalue weighted by atomic mass is 32.1. The maximum Gasteiger partial charge on any atom is 0.434 e. The number of fused-ring (bicyclic) bond motifs is 1. The van der Waals surface area contributed by atoms with Crippen LogP contribution in [0.3, 0.4) is 0 Å². The molecule has 7 nitrogen and oxygen atoms in total. The lowest BCUT2D eigenvalue weighted by Gasteiger charge is -2.10. The third-order valence-corrected chi connectivity index (χ3v) is 6.21. The summed E-state index contributed by atoms with van der Waals surface area (Å²) in [6.07, 6.45) is -1.85. The van der Waals surface area contributed by atoms with Crippen LogP contribution < -0.4 is 0 Å². The number of carbonyl (C=O) groups is 1. The van der Waals surface area contributed by atoms with Crippen molar-refractivity contribution in [3.63, 3.8) is 0 Å². The average Bonchev–Trinajstić information content (AvgIpc) is 3.50. The van der Waals surface area contributed by atoms with Gasteiger partial charge in [-0.25, -0.2) is 19.3 Å². The second-order valence-electron chi connectivity index (χ2n) is 7.60. The molecule has 0 saturated heterocycles. The van der Waals surface area contributed by atoms with E-state index in [-0.39, 0.29) is 17.0 Å². The van der Waals surface area contributed by atoms with Gasteiger partial charge >= 0.3 is 12.1 Å². The number of thiazole rings is 1. The summed E-state index contributed by atoms with van der Waals surface area (Å²) < 4.78 is 46.4. The van der Waals surface area contributed by atoms with E-state index in [4.69, 9.17) is 4.74 Å². The van der Waals surface area contributed by atoms with Gasteiger partial charge < -0.3 is 4.74 Å². The first-order valence-electron chi connectivity index (χ1n) is 10.3. The summed E-state index contributed by atoms with van der Waals surface area (Å²) in [5.74, 6) is -0.508. The number of aryl methyl sites for hydroxylation is 1. The molecule has 0 aliphatic carbocycles. The van der Waals surface area contributed by atoms with Gasteiger partial charge in [0, 0.05) is 28.3 Å². The number of ether oxygens (including phenoxy) is 1. The number of methoxy groups -OCH3 is 1. The molecule has 0 aliphatic heterocycles. The highest BCUT2D eigenvalue weighted by molar-refractivity contribution is 7.13. The van der Waals surface area contributed by atoms with E-state index >= 15 is 0 Å². The summed E-state index contributed by atoms with van der Waals surface area (Å²) in [6.45, 7) is 1.93. The van der Waals surface area contributed by atoms with Crippen molar-refractivity contribution < 1.29 is 22.7 Å². The monoisotopic (exact) mass is 495 g/mol. The Bertz CT molecular complexity index is 1580. The maximum atomic E-state index is 13.4. The molecule has 1 aromatic carbocycles. The SMILES string of the molecule is COC(=O)c1csc(-c2cc(-c3cn4nc(-c5cccnc5C(F)(F)F)ccc4n3)ccc2C)n1. The minimum atomic E-state index is -4.60. The van der Waals surface area contributed by atoms with Gasteiger partial charge in [-0.2, -0.15) is 18.3 Å². The molecule has 5 aromatic rings. The highest BCUT2D eigenvalue weighted by Gasteiger charge is 2.35. The van der Waals surface area contributed by atoms with Gasteiger partial charge in [0.15, 0.2) is 17.0 Å². The van der Waals surface area contributed by atoms with Crippen LogP contribution in [0.15, 0.2) is 60.2 Å². The molecule has 0 amide bonds. The van der Waals surface area contributed by atoms with E-state index in [0.717, 1.165) is 22.9 Å². The lowest BCUT2D eigenvalue weighted by atomic mass is 10.0. The van der Waals surface area contributed by atoms with E-state index in [9.17, 15) is 18.0 Å². The number of imidazole rings is 1. The van der Waals surface area contributed by atoms with Crippen molar-refractivity contribution in [3.8, 4) is 33.1 Å². The smallest absolute Gasteiger partial charge is 0.434 e. The number of rotatable bonds is 4. The van der Waals surface area contributed by atoms with Gasteiger partial charge in [0.05, 0.1) is 24.7 Å². The van der Waals surface area contributed by atoms with Crippen LogP contribution in [0.25, 0.3) is 38.7 Å². The van der Waals surface area contributed by atoms with Crippen molar-refractivity contribution >= 4 is 23.0 Å². The standard InChI is InChI=1S/C24H16F3N5O2S/c1-13-5-6-14(10-16(13)22-30-19(12-35-22)23(33)34-2)18-11-32-20(29-18)8-7-17(31-32)15-4-3-9-28-21(15)24(25,26)27/h3-12H,1-2H3. The van der Waals surface area contributed by atoms with E-state index in [1.54, 1.807) is 17.6 Å². The fourth-order valence-corrected chi connectivity index (χ4v) is 4.48. The lowest BCUT2D eigenvalue weighted by Crippen LogP contribution is -2.10. The molecule has 0 atom stereocenters. The summed E-state index contributed by atoms with van der Waals surface area (Å²) >= 11 is 1.32. The van der Waals surface area contributed by atoms with Crippen LogP contribution in [-0.4, -0.2) is 37.6 Å². The topological polar surface area (TPSA) is 82.3 Å². The molecule has 176 valence electrons. The molecule has 0 saturated carbocycles. The summed E-state index contributed by atoms with van der Waals surface area (Å²) in [5.41, 5.74) is 2.88. The van der Waals surface area contributed by atoms with Crippen LogP contribution >= 0.6 is 11.3 Å². The summed E-state index contributed by atoms with van der Waals surface area (Å²) in [7, 11) is 1.30. The zero-order valence-corrected chi connectivity index (χ0v) is 19.2. The molecule has 4 heterocycles. The lowest BCUT2D eigenvalue weighted by molar-refractivity contribution is -0.140. The second-order valence-corrected chi connectivity index (χ2v) is 8.46. The fraction of sp³-hybridized carbons (Fsp3) is 0.125. The van der Waals surface area contributed by atoms with Gasteiger partial charge in [-0.05, 0) is 42.8 Å². The van der Waals surface area contributed by atoms with Crippen LogP contribution in [0.2, 0.25) is 0 Å². The zero-order valence-electron chi connectivity index (χ0n) is 18.4. The number of pyridine rings is 1.